The van der Waals surface area contributed by atoms with Crippen LogP contribution in [0.4, 0.5) is 0 Å². The molecule has 1 aliphatic rings. The van der Waals surface area contributed by atoms with Crippen LogP contribution in [0.3, 0.4) is 0 Å². The molecule has 156 valence electrons. The Morgan fingerprint density at radius 1 is 0.774 bits per heavy atom. The van der Waals surface area contributed by atoms with E-state index < -0.39 is 0 Å². The van der Waals surface area contributed by atoms with E-state index in [1.54, 1.807) is 0 Å². The monoisotopic (exact) mass is 408 g/mol. The van der Waals surface area contributed by atoms with Crippen LogP contribution >= 0.6 is 0 Å². The molecule has 0 amide bonds. The van der Waals surface area contributed by atoms with Gasteiger partial charge in [-0.25, -0.2) is 0 Å². The van der Waals surface area contributed by atoms with Gasteiger partial charge in [0, 0.05) is 49.2 Å². The molecule has 1 aromatic heterocycles. The van der Waals surface area contributed by atoms with Gasteiger partial charge in [-0.1, -0.05) is 71.8 Å². The Balaban J connectivity index is 1.54. The first-order valence-corrected chi connectivity index (χ1v) is 11.1. The SMILES string of the molecule is Cc1ccc(CN2CCc3c(c(=O)c4ccccc4n3Cc3ccc(C)cc3)C2)cc1. The van der Waals surface area contributed by atoms with Gasteiger partial charge in [-0.2, -0.15) is 0 Å². The fraction of sp³-hybridized carbons (Fsp3) is 0.250. The van der Waals surface area contributed by atoms with Crippen molar-refractivity contribution < 1.29 is 0 Å². The third-order valence-electron chi connectivity index (χ3n) is 6.42. The number of para-hydroxylation sites is 1. The molecule has 0 spiro atoms. The maximum absolute atomic E-state index is 13.4. The Hall–Kier alpha value is -3.17. The third kappa shape index (κ3) is 3.94. The quantitative estimate of drug-likeness (QED) is 0.462. The summed E-state index contributed by atoms with van der Waals surface area (Å²) in [5, 5.41) is 0.825. The molecule has 0 aliphatic carbocycles. The largest absolute Gasteiger partial charge is 0.340 e. The van der Waals surface area contributed by atoms with E-state index in [1.807, 2.05) is 18.2 Å². The van der Waals surface area contributed by atoms with Crippen molar-refractivity contribution >= 4 is 10.9 Å². The Kier molecular flexibility index (Phi) is 5.21. The zero-order valence-electron chi connectivity index (χ0n) is 18.3. The summed E-state index contributed by atoms with van der Waals surface area (Å²) in [5.41, 5.74) is 8.51. The predicted molar refractivity (Wildman–Crippen MR) is 127 cm³/mol. The lowest BCUT2D eigenvalue weighted by molar-refractivity contribution is 0.240. The molecule has 0 atom stereocenters. The van der Waals surface area contributed by atoms with Gasteiger partial charge < -0.3 is 4.57 Å². The first-order valence-electron chi connectivity index (χ1n) is 11.1. The van der Waals surface area contributed by atoms with E-state index >= 15 is 0 Å². The number of pyridine rings is 1. The van der Waals surface area contributed by atoms with Crippen LogP contribution in [-0.4, -0.2) is 16.0 Å². The summed E-state index contributed by atoms with van der Waals surface area (Å²) in [6.45, 7) is 7.57. The second-order valence-corrected chi connectivity index (χ2v) is 8.79. The number of rotatable bonds is 4. The molecule has 0 unspecified atom stereocenters. The summed E-state index contributed by atoms with van der Waals surface area (Å²) in [5.74, 6) is 0. The van der Waals surface area contributed by atoms with Gasteiger partial charge in [0.05, 0.1) is 5.52 Å². The number of hydrogen-bond acceptors (Lipinski definition) is 2. The molecule has 0 radical (unpaired) electrons. The summed E-state index contributed by atoms with van der Waals surface area (Å²) in [6.07, 6.45) is 0.896. The number of benzene rings is 3. The van der Waals surface area contributed by atoms with Gasteiger partial charge in [-0.3, -0.25) is 9.69 Å². The Morgan fingerprint density at radius 2 is 1.39 bits per heavy atom. The molecule has 2 heterocycles. The molecule has 4 aromatic rings. The van der Waals surface area contributed by atoms with Crippen LogP contribution in [0.2, 0.25) is 0 Å². The zero-order valence-corrected chi connectivity index (χ0v) is 18.3. The smallest absolute Gasteiger partial charge is 0.194 e. The lowest BCUT2D eigenvalue weighted by Crippen LogP contribution is -2.36. The van der Waals surface area contributed by atoms with Gasteiger partial charge in [0.2, 0.25) is 0 Å². The maximum atomic E-state index is 13.4. The zero-order chi connectivity index (χ0) is 21.4. The van der Waals surface area contributed by atoms with Crippen LogP contribution in [0.5, 0.6) is 0 Å². The first-order chi connectivity index (χ1) is 15.1. The van der Waals surface area contributed by atoms with Crippen molar-refractivity contribution in [2.24, 2.45) is 0 Å². The molecule has 3 aromatic carbocycles. The minimum atomic E-state index is 0.194. The highest BCUT2D eigenvalue weighted by Gasteiger charge is 2.24. The molecule has 0 saturated carbocycles. The van der Waals surface area contributed by atoms with Gasteiger partial charge in [-0.05, 0) is 37.1 Å². The van der Waals surface area contributed by atoms with Crippen LogP contribution in [0.15, 0.2) is 77.6 Å². The average molecular weight is 409 g/mol. The van der Waals surface area contributed by atoms with Gasteiger partial charge in [0.1, 0.15) is 0 Å². The second kappa shape index (κ2) is 8.16. The predicted octanol–water partition coefficient (Wildman–Crippen LogP) is 5.22. The molecule has 31 heavy (non-hydrogen) atoms. The van der Waals surface area contributed by atoms with Gasteiger partial charge in [-0.15, -0.1) is 0 Å². The molecule has 0 fully saturated rings. The summed E-state index contributed by atoms with van der Waals surface area (Å²) in [4.78, 5) is 15.8. The molecule has 1 aliphatic heterocycles. The lowest BCUT2D eigenvalue weighted by Gasteiger charge is -2.31. The van der Waals surface area contributed by atoms with Crippen LogP contribution in [0.1, 0.15) is 33.5 Å². The van der Waals surface area contributed by atoms with E-state index in [4.69, 9.17) is 0 Å². The first kappa shape index (κ1) is 19.8. The molecule has 0 N–H and O–H groups in total. The van der Waals surface area contributed by atoms with Crippen LogP contribution in [0, 0.1) is 13.8 Å². The lowest BCUT2D eigenvalue weighted by atomic mass is 9.99. The highest BCUT2D eigenvalue weighted by atomic mass is 16.1. The van der Waals surface area contributed by atoms with E-state index in [0.717, 1.165) is 42.5 Å². The maximum Gasteiger partial charge on any atom is 0.194 e. The highest BCUT2D eigenvalue weighted by molar-refractivity contribution is 5.80. The normalized spacial score (nSPS) is 14.0. The van der Waals surface area contributed by atoms with Crippen molar-refractivity contribution in [2.45, 2.75) is 39.9 Å². The number of aromatic nitrogens is 1. The van der Waals surface area contributed by atoms with Crippen LogP contribution in [-0.2, 0) is 26.1 Å². The number of fused-ring (bicyclic) bond motifs is 2. The van der Waals surface area contributed by atoms with Gasteiger partial charge in [0.15, 0.2) is 5.43 Å². The van der Waals surface area contributed by atoms with Crippen molar-refractivity contribution in [3.8, 4) is 0 Å². The highest BCUT2D eigenvalue weighted by Crippen LogP contribution is 2.24. The Bertz CT molecular complexity index is 1280. The standard InChI is InChI=1S/C28H28N2O/c1-20-7-11-22(12-8-20)17-29-16-15-27-25(19-29)28(31)24-5-3-4-6-26(24)30(27)18-23-13-9-21(2)10-14-23/h3-14H,15-19H2,1-2H3. The molecule has 3 nitrogen and oxygen atoms in total. The van der Waals surface area contributed by atoms with Crippen molar-refractivity contribution in [3.63, 3.8) is 0 Å². The topological polar surface area (TPSA) is 25.2 Å². The van der Waals surface area contributed by atoms with Crippen molar-refractivity contribution in [2.75, 3.05) is 6.54 Å². The Morgan fingerprint density at radius 3 is 2.06 bits per heavy atom. The van der Waals surface area contributed by atoms with E-state index in [9.17, 15) is 4.79 Å². The van der Waals surface area contributed by atoms with E-state index in [-0.39, 0.29) is 5.43 Å². The molecule has 3 heteroatoms. The third-order valence-corrected chi connectivity index (χ3v) is 6.42. The van der Waals surface area contributed by atoms with Crippen molar-refractivity contribution in [3.05, 3.63) is 117 Å². The van der Waals surface area contributed by atoms with Crippen LogP contribution in [0.25, 0.3) is 10.9 Å². The summed E-state index contributed by atoms with van der Waals surface area (Å²) < 4.78 is 2.37. The number of nitrogens with zero attached hydrogens (tertiary/aromatic N) is 2. The van der Waals surface area contributed by atoms with E-state index in [0.29, 0.717) is 6.54 Å². The van der Waals surface area contributed by atoms with Gasteiger partial charge >= 0.3 is 0 Å². The average Bonchev–Trinajstić information content (AvgIpc) is 2.79. The van der Waals surface area contributed by atoms with E-state index in [2.05, 4.69) is 77.9 Å². The molecular formula is C28H28N2O. The molecule has 0 saturated heterocycles. The second-order valence-electron chi connectivity index (χ2n) is 8.79. The minimum Gasteiger partial charge on any atom is -0.340 e. The Labute approximate surface area is 183 Å². The molecular weight excluding hydrogens is 380 g/mol. The fourth-order valence-corrected chi connectivity index (χ4v) is 4.66. The summed E-state index contributed by atoms with van der Waals surface area (Å²) in [6, 6.07) is 25.5. The van der Waals surface area contributed by atoms with Crippen molar-refractivity contribution in [1.29, 1.82) is 0 Å². The van der Waals surface area contributed by atoms with Crippen LogP contribution < -0.4 is 5.43 Å². The molecule has 5 rings (SSSR count). The van der Waals surface area contributed by atoms with Crippen molar-refractivity contribution in [1.82, 2.24) is 9.47 Å². The summed E-state index contributed by atoms with van der Waals surface area (Å²) >= 11 is 0. The summed E-state index contributed by atoms with van der Waals surface area (Å²) in [7, 11) is 0. The molecule has 0 bridgehead atoms. The van der Waals surface area contributed by atoms with E-state index in [1.165, 1.54) is 27.9 Å². The number of aryl methyl sites for hydroxylation is 2. The fourth-order valence-electron chi connectivity index (χ4n) is 4.66. The number of hydrogen-bond donors (Lipinski definition) is 0. The minimum absolute atomic E-state index is 0.194. The van der Waals surface area contributed by atoms with Gasteiger partial charge in [0.25, 0.3) is 0 Å².